The summed E-state index contributed by atoms with van der Waals surface area (Å²) in [6.07, 6.45) is 5.56. The number of likely N-dealkylation sites (tertiary alicyclic amines) is 1. The van der Waals surface area contributed by atoms with E-state index in [4.69, 9.17) is 4.74 Å². The minimum atomic E-state index is 0.0772. The summed E-state index contributed by atoms with van der Waals surface area (Å²) in [6.45, 7) is 4.76. The lowest BCUT2D eigenvalue weighted by atomic mass is 10.00. The van der Waals surface area contributed by atoms with Gasteiger partial charge in [0.1, 0.15) is 12.4 Å². The number of piperidine rings is 1. The van der Waals surface area contributed by atoms with E-state index in [2.05, 4.69) is 17.1 Å². The van der Waals surface area contributed by atoms with E-state index >= 15 is 0 Å². The Morgan fingerprint density at radius 3 is 2.63 bits per heavy atom. The molecule has 0 spiro atoms. The predicted octanol–water partition coefficient (Wildman–Crippen LogP) is 4.86. The Bertz CT molecular complexity index is 700. The van der Waals surface area contributed by atoms with Crippen LogP contribution >= 0.6 is 0 Å². The van der Waals surface area contributed by atoms with Crippen molar-refractivity contribution in [3.05, 3.63) is 60.2 Å². The fourth-order valence-electron chi connectivity index (χ4n) is 3.66. The van der Waals surface area contributed by atoms with Crippen LogP contribution in [0, 0.1) is 0 Å². The Kier molecular flexibility index (Phi) is 7.28. The number of hydrogen-bond donors (Lipinski definition) is 1. The molecule has 4 heteroatoms. The van der Waals surface area contributed by atoms with Crippen molar-refractivity contribution < 1.29 is 9.53 Å². The smallest absolute Gasteiger partial charge is 0.225 e. The normalized spacial score (nSPS) is 17.4. The van der Waals surface area contributed by atoms with Gasteiger partial charge in [0.15, 0.2) is 0 Å². The zero-order valence-corrected chi connectivity index (χ0v) is 16.2. The highest BCUT2D eigenvalue weighted by Gasteiger charge is 2.20. The van der Waals surface area contributed by atoms with Gasteiger partial charge in [-0.25, -0.2) is 0 Å². The fraction of sp³-hybridized carbons (Fsp3) is 0.435. The molecule has 1 fully saturated rings. The highest BCUT2D eigenvalue weighted by Crippen LogP contribution is 2.20. The molecule has 1 heterocycles. The summed E-state index contributed by atoms with van der Waals surface area (Å²) < 4.78 is 5.78. The average Bonchev–Trinajstić information content (AvgIpc) is 2.72. The van der Waals surface area contributed by atoms with Gasteiger partial charge < -0.3 is 10.1 Å². The van der Waals surface area contributed by atoms with E-state index in [1.165, 1.54) is 25.7 Å². The first-order valence-electron chi connectivity index (χ1n) is 10.1. The molecule has 2 aromatic carbocycles. The Morgan fingerprint density at radius 2 is 1.89 bits per heavy atom. The van der Waals surface area contributed by atoms with Crippen molar-refractivity contribution in [1.29, 1.82) is 0 Å². The third-order valence-electron chi connectivity index (χ3n) is 5.23. The largest absolute Gasteiger partial charge is 0.489 e. The number of nitrogens with one attached hydrogen (secondary N) is 1. The van der Waals surface area contributed by atoms with E-state index in [1.807, 2.05) is 54.6 Å². The molecule has 4 nitrogen and oxygen atoms in total. The van der Waals surface area contributed by atoms with Crippen LogP contribution < -0.4 is 10.1 Å². The van der Waals surface area contributed by atoms with E-state index in [0.717, 1.165) is 30.1 Å². The first-order chi connectivity index (χ1) is 13.2. The summed E-state index contributed by atoms with van der Waals surface area (Å²) in [5.41, 5.74) is 1.95. The van der Waals surface area contributed by atoms with Gasteiger partial charge in [-0.3, -0.25) is 9.69 Å². The number of amides is 1. The highest BCUT2D eigenvalue weighted by molar-refractivity contribution is 5.90. The van der Waals surface area contributed by atoms with Crippen LogP contribution in [0.2, 0.25) is 0 Å². The molecule has 0 saturated carbocycles. The highest BCUT2D eigenvalue weighted by atomic mass is 16.5. The minimum absolute atomic E-state index is 0.0772. The molecular weight excluding hydrogens is 336 g/mol. The van der Waals surface area contributed by atoms with Gasteiger partial charge in [0.2, 0.25) is 5.91 Å². The lowest BCUT2D eigenvalue weighted by Gasteiger charge is -2.35. The fourth-order valence-corrected chi connectivity index (χ4v) is 3.66. The summed E-state index contributed by atoms with van der Waals surface area (Å²) in [5, 5.41) is 2.99. The van der Waals surface area contributed by atoms with Crippen LogP contribution in [0.1, 0.15) is 44.6 Å². The Hall–Kier alpha value is -2.33. The van der Waals surface area contributed by atoms with Crippen LogP contribution in [0.15, 0.2) is 54.6 Å². The SMILES string of the molecule is CCC1CCCCN1CCC(=O)Nc1ccc(OCc2ccccc2)cc1. The van der Waals surface area contributed by atoms with E-state index in [0.29, 0.717) is 19.1 Å². The van der Waals surface area contributed by atoms with E-state index in [1.54, 1.807) is 0 Å². The molecule has 2 aromatic rings. The third-order valence-corrected chi connectivity index (χ3v) is 5.23. The molecule has 0 aliphatic carbocycles. The number of ether oxygens (including phenoxy) is 1. The maximum atomic E-state index is 12.3. The summed E-state index contributed by atoms with van der Waals surface area (Å²) in [5.74, 6) is 0.879. The second kappa shape index (κ2) is 10.1. The van der Waals surface area contributed by atoms with Crippen molar-refractivity contribution in [1.82, 2.24) is 4.90 Å². The molecule has 0 aromatic heterocycles. The molecule has 1 aliphatic heterocycles. The van der Waals surface area contributed by atoms with E-state index in [9.17, 15) is 4.79 Å². The number of carbonyl (C=O) groups excluding carboxylic acids is 1. The van der Waals surface area contributed by atoms with Gasteiger partial charge in [-0.15, -0.1) is 0 Å². The molecule has 144 valence electrons. The Labute approximate surface area is 162 Å². The number of carbonyl (C=O) groups is 1. The maximum absolute atomic E-state index is 12.3. The molecular formula is C23H30N2O2. The molecule has 0 radical (unpaired) electrons. The molecule has 1 saturated heterocycles. The topological polar surface area (TPSA) is 41.6 Å². The second-order valence-corrected chi connectivity index (χ2v) is 7.19. The van der Waals surface area contributed by atoms with Gasteiger partial charge in [0.05, 0.1) is 0 Å². The van der Waals surface area contributed by atoms with E-state index in [-0.39, 0.29) is 5.91 Å². The van der Waals surface area contributed by atoms with Crippen molar-refractivity contribution in [2.45, 2.75) is 51.7 Å². The van der Waals surface area contributed by atoms with Crippen molar-refractivity contribution in [3.8, 4) is 5.75 Å². The number of benzene rings is 2. The molecule has 27 heavy (non-hydrogen) atoms. The summed E-state index contributed by atoms with van der Waals surface area (Å²) in [4.78, 5) is 14.8. The number of rotatable bonds is 8. The van der Waals surface area contributed by atoms with Crippen LogP contribution in [0.3, 0.4) is 0 Å². The standard InChI is InChI=1S/C23H30N2O2/c1-2-21-10-6-7-16-25(21)17-15-23(26)24-20-11-13-22(14-12-20)27-18-19-8-4-3-5-9-19/h3-5,8-9,11-14,21H,2,6-7,10,15-18H2,1H3,(H,24,26). The van der Waals surface area contributed by atoms with Gasteiger partial charge in [-0.05, 0) is 55.6 Å². The zero-order chi connectivity index (χ0) is 18.9. The van der Waals surface area contributed by atoms with Gasteiger partial charge in [0.25, 0.3) is 0 Å². The van der Waals surface area contributed by atoms with Crippen molar-refractivity contribution in [2.24, 2.45) is 0 Å². The molecule has 1 amide bonds. The quantitative estimate of drug-likeness (QED) is 0.725. The lowest BCUT2D eigenvalue weighted by molar-refractivity contribution is -0.116. The number of anilines is 1. The van der Waals surface area contributed by atoms with Crippen LogP contribution in [-0.2, 0) is 11.4 Å². The Balaban J connectivity index is 1.42. The van der Waals surface area contributed by atoms with Gasteiger partial charge >= 0.3 is 0 Å². The average molecular weight is 367 g/mol. The van der Waals surface area contributed by atoms with Crippen LogP contribution in [0.5, 0.6) is 5.75 Å². The van der Waals surface area contributed by atoms with Crippen LogP contribution in [-0.4, -0.2) is 29.9 Å². The second-order valence-electron chi connectivity index (χ2n) is 7.19. The maximum Gasteiger partial charge on any atom is 0.225 e. The van der Waals surface area contributed by atoms with Gasteiger partial charge in [-0.2, -0.15) is 0 Å². The van der Waals surface area contributed by atoms with Crippen molar-refractivity contribution >= 4 is 11.6 Å². The van der Waals surface area contributed by atoms with E-state index < -0.39 is 0 Å². The number of nitrogens with zero attached hydrogens (tertiary/aromatic N) is 1. The van der Waals surface area contributed by atoms with Gasteiger partial charge in [-0.1, -0.05) is 43.7 Å². The summed E-state index contributed by atoms with van der Waals surface area (Å²) in [6, 6.07) is 18.3. The van der Waals surface area contributed by atoms with Crippen molar-refractivity contribution in [2.75, 3.05) is 18.4 Å². The molecule has 1 atom stereocenters. The molecule has 1 N–H and O–H groups in total. The first-order valence-corrected chi connectivity index (χ1v) is 10.1. The minimum Gasteiger partial charge on any atom is -0.489 e. The number of hydrogen-bond acceptors (Lipinski definition) is 3. The third kappa shape index (κ3) is 6.10. The molecule has 1 unspecified atom stereocenters. The zero-order valence-electron chi connectivity index (χ0n) is 16.2. The van der Waals surface area contributed by atoms with Crippen molar-refractivity contribution in [3.63, 3.8) is 0 Å². The molecule has 3 rings (SSSR count). The first kappa shape index (κ1) is 19.4. The lowest BCUT2D eigenvalue weighted by Crippen LogP contribution is -2.40. The summed E-state index contributed by atoms with van der Waals surface area (Å²) >= 11 is 0. The monoisotopic (exact) mass is 366 g/mol. The molecule has 0 bridgehead atoms. The predicted molar refractivity (Wildman–Crippen MR) is 110 cm³/mol. The van der Waals surface area contributed by atoms with Crippen LogP contribution in [0.4, 0.5) is 5.69 Å². The van der Waals surface area contributed by atoms with Gasteiger partial charge in [0, 0.05) is 24.7 Å². The molecule has 1 aliphatic rings. The van der Waals surface area contributed by atoms with Crippen LogP contribution in [0.25, 0.3) is 0 Å². The Morgan fingerprint density at radius 1 is 1.11 bits per heavy atom. The summed E-state index contributed by atoms with van der Waals surface area (Å²) in [7, 11) is 0.